The van der Waals surface area contributed by atoms with Crippen LogP contribution in [-0.4, -0.2) is 46.3 Å². The molecule has 0 radical (unpaired) electrons. The summed E-state index contributed by atoms with van der Waals surface area (Å²) in [7, 11) is 0. The highest BCUT2D eigenvalue weighted by atomic mass is 32.2. The standard InChI is InChI=1S/C12H15NO4S/c1-2-9(15)4-5-13-11(16)8-10(12(13)17)18-7-3-6-14/h2,6,10H,1,3-5,7-8H2. The summed E-state index contributed by atoms with van der Waals surface area (Å²) < 4.78 is 0. The first-order valence-electron chi connectivity index (χ1n) is 5.65. The van der Waals surface area contributed by atoms with Gasteiger partial charge in [0, 0.05) is 31.6 Å². The van der Waals surface area contributed by atoms with Crippen molar-refractivity contribution in [3.05, 3.63) is 12.7 Å². The zero-order chi connectivity index (χ0) is 13.5. The number of imide groups is 1. The number of likely N-dealkylation sites (tertiary alicyclic amines) is 1. The zero-order valence-electron chi connectivity index (χ0n) is 9.96. The molecule has 0 bridgehead atoms. The molecule has 1 aliphatic rings. The highest BCUT2D eigenvalue weighted by molar-refractivity contribution is 8.00. The molecule has 1 aliphatic heterocycles. The molecule has 0 aromatic rings. The number of rotatable bonds is 8. The Kier molecular flexibility index (Phi) is 5.77. The van der Waals surface area contributed by atoms with E-state index in [2.05, 4.69) is 6.58 Å². The lowest BCUT2D eigenvalue weighted by Gasteiger charge is -2.13. The Balaban J connectivity index is 2.47. The van der Waals surface area contributed by atoms with Crippen molar-refractivity contribution in [2.75, 3.05) is 12.3 Å². The average molecular weight is 269 g/mol. The van der Waals surface area contributed by atoms with Crippen LogP contribution in [0.5, 0.6) is 0 Å². The lowest BCUT2D eigenvalue weighted by Crippen LogP contribution is -2.33. The van der Waals surface area contributed by atoms with E-state index in [0.29, 0.717) is 12.2 Å². The van der Waals surface area contributed by atoms with Gasteiger partial charge >= 0.3 is 0 Å². The molecule has 1 atom stereocenters. The van der Waals surface area contributed by atoms with Crippen LogP contribution in [0.4, 0.5) is 0 Å². The maximum absolute atomic E-state index is 11.9. The van der Waals surface area contributed by atoms with Crippen LogP contribution in [0.3, 0.4) is 0 Å². The Morgan fingerprint density at radius 3 is 2.83 bits per heavy atom. The first-order valence-corrected chi connectivity index (χ1v) is 6.69. The smallest absolute Gasteiger partial charge is 0.242 e. The van der Waals surface area contributed by atoms with E-state index in [1.807, 2.05) is 0 Å². The third-order valence-electron chi connectivity index (χ3n) is 2.57. The van der Waals surface area contributed by atoms with Gasteiger partial charge in [-0.05, 0) is 6.08 Å². The van der Waals surface area contributed by atoms with E-state index in [4.69, 9.17) is 0 Å². The van der Waals surface area contributed by atoms with Gasteiger partial charge in [0.1, 0.15) is 6.29 Å². The molecule has 0 saturated carbocycles. The van der Waals surface area contributed by atoms with Crippen LogP contribution in [0.2, 0.25) is 0 Å². The van der Waals surface area contributed by atoms with Crippen molar-refractivity contribution in [3.8, 4) is 0 Å². The first-order chi connectivity index (χ1) is 8.60. The second kappa shape index (κ2) is 7.10. The zero-order valence-corrected chi connectivity index (χ0v) is 10.8. The number of thioether (sulfide) groups is 1. The largest absolute Gasteiger partial charge is 0.303 e. The fourth-order valence-electron chi connectivity index (χ4n) is 1.60. The molecule has 2 amide bonds. The maximum atomic E-state index is 11.9. The number of carbonyl (C=O) groups excluding carboxylic acids is 4. The van der Waals surface area contributed by atoms with Gasteiger partial charge in [-0.3, -0.25) is 19.3 Å². The van der Waals surface area contributed by atoms with E-state index in [9.17, 15) is 19.2 Å². The van der Waals surface area contributed by atoms with E-state index in [0.717, 1.165) is 11.2 Å². The van der Waals surface area contributed by atoms with Crippen molar-refractivity contribution in [3.63, 3.8) is 0 Å². The molecule has 6 heteroatoms. The average Bonchev–Trinajstić information content (AvgIpc) is 2.62. The summed E-state index contributed by atoms with van der Waals surface area (Å²) >= 11 is 1.32. The summed E-state index contributed by atoms with van der Waals surface area (Å²) in [6, 6.07) is 0. The van der Waals surface area contributed by atoms with Crippen molar-refractivity contribution in [2.45, 2.75) is 24.5 Å². The van der Waals surface area contributed by atoms with Crippen LogP contribution in [0.25, 0.3) is 0 Å². The number of allylic oxidation sites excluding steroid dienone is 1. The predicted octanol–water partition coefficient (Wildman–Crippen LogP) is 0.581. The van der Waals surface area contributed by atoms with Gasteiger partial charge in [-0.1, -0.05) is 6.58 Å². The Morgan fingerprint density at radius 2 is 2.22 bits per heavy atom. The maximum Gasteiger partial charge on any atom is 0.242 e. The van der Waals surface area contributed by atoms with E-state index in [1.165, 1.54) is 17.8 Å². The number of aldehydes is 1. The number of hydrogen-bond acceptors (Lipinski definition) is 5. The molecule has 0 spiro atoms. The highest BCUT2D eigenvalue weighted by Gasteiger charge is 2.38. The molecule has 18 heavy (non-hydrogen) atoms. The van der Waals surface area contributed by atoms with Gasteiger partial charge in [-0.2, -0.15) is 0 Å². The van der Waals surface area contributed by atoms with Gasteiger partial charge in [-0.15, -0.1) is 11.8 Å². The number of ketones is 1. The van der Waals surface area contributed by atoms with Gasteiger partial charge in [-0.25, -0.2) is 0 Å². The van der Waals surface area contributed by atoms with Crippen LogP contribution in [-0.2, 0) is 19.2 Å². The molecule has 1 unspecified atom stereocenters. The minimum absolute atomic E-state index is 0.118. The molecule has 0 aromatic heterocycles. The Morgan fingerprint density at radius 1 is 1.50 bits per heavy atom. The molecule has 1 saturated heterocycles. The van der Waals surface area contributed by atoms with E-state index >= 15 is 0 Å². The predicted molar refractivity (Wildman–Crippen MR) is 68.1 cm³/mol. The lowest BCUT2D eigenvalue weighted by molar-refractivity contribution is -0.138. The molecule has 1 rings (SSSR count). The minimum atomic E-state index is -0.406. The monoisotopic (exact) mass is 269 g/mol. The van der Waals surface area contributed by atoms with Crippen LogP contribution < -0.4 is 0 Å². The molecular weight excluding hydrogens is 254 g/mol. The normalized spacial score (nSPS) is 19.1. The summed E-state index contributed by atoms with van der Waals surface area (Å²) in [6.07, 6.45) is 2.62. The SMILES string of the molecule is C=CC(=O)CCN1C(=O)CC(SCCC=O)C1=O. The number of nitrogens with zero attached hydrogens (tertiary/aromatic N) is 1. The van der Waals surface area contributed by atoms with Crippen molar-refractivity contribution in [2.24, 2.45) is 0 Å². The van der Waals surface area contributed by atoms with E-state index in [-0.39, 0.29) is 37.0 Å². The van der Waals surface area contributed by atoms with Crippen LogP contribution >= 0.6 is 11.8 Å². The first kappa shape index (κ1) is 14.6. The van der Waals surface area contributed by atoms with Crippen LogP contribution in [0.15, 0.2) is 12.7 Å². The molecular formula is C12H15NO4S. The minimum Gasteiger partial charge on any atom is -0.303 e. The number of carbonyl (C=O) groups is 4. The highest BCUT2D eigenvalue weighted by Crippen LogP contribution is 2.25. The van der Waals surface area contributed by atoms with Gasteiger partial charge < -0.3 is 4.79 Å². The summed E-state index contributed by atoms with van der Waals surface area (Å²) in [4.78, 5) is 45.8. The van der Waals surface area contributed by atoms with Gasteiger partial charge in [0.05, 0.1) is 5.25 Å². The Labute approximate surface area is 110 Å². The van der Waals surface area contributed by atoms with Crippen molar-refractivity contribution in [1.82, 2.24) is 4.90 Å². The topological polar surface area (TPSA) is 71.5 Å². The van der Waals surface area contributed by atoms with Gasteiger partial charge in [0.15, 0.2) is 5.78 Å². The summed E-state index contributed by atoms with van der Waals surface area (Å²) in [5.74, 6) is -0.159. The molecule has 0 aromatic carbocycles. The number of hydrogen-bond donors (Lipinski definition) is 0. The number of amides is 2. The summed E-state index contributed by atoms with van der Waals surface area (Å²) in [5, 5.41) is -0.406. The Hall–Kier alpha value is -1.43. The third kappa shape index (κ3) is 3.80. The van der Waals surface area contributed by atoms with Crippen LogP contribution in [0, 0.1) is 0 Å². The van der Waals surface area contributed by atoms with E-state index < -0.39 is 5.25 Å². The van der Waals surface area contributed by atoms with Crippen molar-refractivity contribution < 1.29 is 19.2 Å². The third-order valence-corrected chi connectivity index (χ3v) is 3.81. The van der Waals surface area contributed by atoms with E-state index in [1.54, 1.807) is 0 Å². The quantitative estimate of drug-likeness (QED) is 0.279. The molecule has 0 N–H and O–H groups in total. The second-order valence-corrected chi connectivity index (χ2v) is 5.13. The van der Waals surface area contributed by atoms with Gasteiger partial charge in [0.25, 0.3) is 0 Å². The Bertz CT molecular complexity index is 380. The summed E-state index contributed by atoms with van der Waals surface area (Å²) in [5.41, 5.74) is 0. The van der Waals surface area contributed by atoms with Crippen LogP contribution in [0.1, 0.15) is 19.3 Å². The molecule has 5 nitrogen and oxygen atoms in total. The van der Waals surface area contributed by atoms with Gasteiger partial charge in [0.2, 0.25) is 11.8 Å². The van der Waals surface area contributed by atoms with Crippen molar-refractivity contribution in [1.29, 1.82) is 0 Å². The lowest BCUT2D eigenvalue weighted by atomic mass is 10.2. The molecule has 1 fully saturated rings. The second-order valence-electron chi connectivity index (χ2n) is 3.82. The fourth-order valence-corrected chi connectivity index (χ4v) is 2.65. The molecule has 0 aliphatic carbocycles. The molecule has 98 valence electrons. The summed E-state index contributed by atoms with van der Waals surface area (Å²) in [6.45, 7) is 3.45. The fraction of sp³-hybridized carbons (Fsp3) is 0.500. The van der Waals surface area contributed by atoms with Crippen molar-refractivity contribution >= 4 is 35.6 Å². The molecule has 1 heterocycles.